The van der Waals surface area contributed by atoms with Gasteiger partial charge in [0.1, 0.15) is 11.4 Å². The molecule has 2 heterocycles. The van der Waals surface area contributed by atoms with Crippen LogP contribution in [-0.4, -0.2) is 46.4 Å². The highest BCUT2D eigenvalue weighted by atomic mass is 16.5. The highest BCUT2D eigenvalue weighted by Crippen LogP contribution is 2.36. The van der Waals surface area contributed by atoms with Crippen LogP contribution in [0, 0.1) is 0 Å². The van der Waals surface area contributed by atoms with Gasteiger partial charge in [0.05, 0.1) is 24.3 Å². The Labute approximate surface area is 203 Å². The molecule has 178 valence electrons. The molecular weight excluding hydrogens is 420 g/mol. The average molecular weight is 457 g/mol. The van der Waals surface area contributed by atoms with Crippen LogP contribution >= 0.6 is 0 Å². The summed E-state index contributed by atoms with van der Waals surface area (Å²) < 4.78 is 7.44. The lowest BCUT2D eigenvalue weighted by Crippen LogP contribution is -2.25. The number of fused-ring (bicyclic) bond motifs is 3. The zero-order valence-corrected chi connectivity index (χ0v) is 21.0. The van der Waals surface area contributed by atoms with E-state index in [1.165, 1.54) is 37.9 Å². The van der Waals surface area contributed by atoms with E-state index in [9.17, 15) is 0 Å². The van der Waals surface area contributed by atoms with Crippen molar-refractivity contribution < 1.29 is 4.74 Å². The van der Waals surface area contributed by atoms with Crippen molar-refractivity contribution in [2.75, 3.05) is 26.7 Å². The molecule has 0 aliphatic heterocycles. The molecule has 0 aliphatic rings. The molecule has 0 aliphatic carbocycles. The maximum atomic E-state index is 5.53. The molecular formula is C29H36N4O. The average Bonchev–Trinajstić information content (AvgIpc) is 3.22. The van der Waals surface area contributed by atoms with E-state index < -0.39 is 0 Å². The topological polar surface area (TPSA) is 43.2 Å². The number of benzene rings is 2. The van der Waals surface area contributed by atoms with E-state index in [1.54, 1.807) is 7.11 Å². The number of aromatic nitrogens is 3. The van der Waals surface area contributed by atoms with Gasteiger partial charge < -0.3 is 9.64 Å². The van der Waals surface area contributed by atoms with Gasteiger partial charge >= 0.3 is 0 Å². The third kappa shape index (κ3) is 4.85. The van der Waals surface area contributed by atoms with Crippen LogP contribution in [0.5, 0.6) is 5.75 Å². The Kier molecular flexibility index (Phi) is 7.63. The Morgan fingerprint density at radius 3 is 2.56 bits per heavy atom. The van der Waals surface area contributed by atoms with Crippen molar-refractivity contribution in [3.8, 4) is 17.0 Å². The summed E-state index contributed by atoms with van der Waals surface area (Å²) >= 11 is 0. The normalized spacial score (nSPS) is 11.6. The molecule has 0 spiro atoms. The predicted octanol–water partition coefficient (Wildman–Crippen LogP) is 6.49. The van der Waals surface area contributed by atoms with Crippen molar-refractivity contribution in [2.24, 2.45) is 7.05 Å². The molecule has 0 saturated heterocycles. The minimum atomic E-state index is 0.779. The third-order valence-corrected chi connectivity index (χ3v) is 6.66. The Balaban J connectivity index is 1.60. The van der Waals surface area contributed by atoms with Gasteiger partial charge in [-0.2, -0.15) is 5.10 Å². The largest absolute Gasteiger partial charge is 0.496 e. The maximum Gasteiger partial charge on any atom is 0.128 e. The molecule has 34 heavy (non-hydrogen) atoms. The Bertz CT molecular complexity index is 1270. The molecule has 2 aromatic heterocycles. The molecule has 0 bridgehead atoms. The number of nitrogens with zero attached hydrogens (tertiary/aromatic N) is 4. The predicted molar refractivity (Wildman–Crippen MR) is 143 cm³/mol. The van der Waals surface area contributed by atoms with Crippen LogP contribution in [0.1, 0.15) is 44.2 Å². The van der Waals surface area contributed by atoms with E-state index in [2.05, 4.69) is 60.6 Å². The number of rotatable bonds is 11. The monoisotopic (exact) mass is 456 g/mol. The van der Waals surface area contributed by atoms with Crippen LogP contribution in [0.2, 0.25) is 0 Å². The lowest BCUT2D eigenvalue weighted by Gasteiger charge is -2.19. The standard InChI is InChI=1S/C29H36N4O/c1-6-16-33(8-3)17-10-9-11-21-12-14-23(15-13-21)29-28-24-18-22(7-2)27(34-5)19-25(24)30-20-26(28)32(4)31-29/h7,12-15,18-20H,2,6,8-11,16-17H2,1,3-5H3. The quantitative estimate of drug-likeness (QED) is 0.242. The number of pyridine rings is 1. The van der Waals surface area contributed by atoms with E-state index in [0.717, 1.165) is 57.3 Å². The Morgan fingerprint density at radius 2 is 1.88 bits per heavy atom. The van der Waals surface area contributed by atoms with Gasteiger partial charge in [-0.25, -0.2) is 0 Å². The zero-order chi connectivity index (χ0) is 24.1. The summed E-state index contributed by atoms with van der Waals surface area (Å²) in [7, 11) is 3.65. The van der Waals surface area contributed by atoms with Gasteiger partial charge in [0, 0.05) is 35.0 Å². The minimum Gasteiger partial charge on any atom is -0.496 e. The molecule has 0 radical (unpaired) electrons. The summed E-state index contributed by atoms with van der Waals surface area (Å²) in [5.41, 5.74) is 6.35. The number of methoxy groups -OCH3 is 1. The molecule has 2 aromatic carbocycles. The first-order chi connectivity index (χ1) is 16.6. The van der Waals surface area contributed by atoms with Crippen LogP contribution in [0.3, 0.4) is 0 Å². The smallest absolute Gasteiger partial charge is 0.128 e. The first-order valence-corrected chi connectivity index (χ1v) is 12.4. The molecule has 4 aromatic rings. The summed E-state index contributed by atoms with van der Waals surface area (Å²) in [6.45, 7) is 12.0. The van der Waals surface area contributed by atoms with Gasteiger partial charge in [-0.05, 0) is 56.9 Å². The van der Waals surface area contributed by atoms with Crippen molar-refractivity contribution in [2.45, 2.75) is 39.5 Å². The molecule has 0 saturated carbocycles. The maximum absolute atomic E-state index is 5.53. The number of hydrogen-bond acceptors (Lipinski definition) is 4. The van der Waals surface area contributed by atoms with E-state index in [4.69, 9.17) is 9.84 Å². The first-order valence-electron chi connectivity index (χ1n) is 12.4. The van der Waals surface area contributed by atoms with Gasteiger partial charge in [-0.1, -0.05) is 50.8 Å². The second kappa shape index (κ2) is 10.8. The molecule has 0 amide bonds. The highest BCUT2D eigenvalue weighted by Gasteiger charge is 2.16. The summed E-state index contributed by atoms with van der Waals surface area (Å²) in [6.07, 6.45) is 8.52. The molecule has 0 fully saturated rings. The van der Waals surface area contributed by atoms with Gasteiger partial charge in [0.25, 0.3) is 0 Å². The number of hydrogen-bond donors (Lipinski definition) is 0. The second-order valence-corrected chi connectivity index (χ2v) is 8.89. The molecule has 5 nitrogen and oxygen atoms in total. The molecule has 0 unspecified atom stereocenters. The van der Waals surface area contributed by atoms with Crippen LogP contribution in [0.15, 0.2) is 49.2 Å². The Hall–Kier alpha value is -3.18. The van der Waals surface area contributed by atoms with Gasteiger partial charge in [0.15, 0.2) is 0 Å². The zero-order valence-electron chi connectivity index (χ0n) is 21.0. The summed E-state index contributed by atoms with van der Waals surface area (Å²) in [4.78, 5) is 7.21. The molecule has 0 atom stereocenters. The van der Waals surface area contributed by atoms with Crippen LogP contribution in [0.25, 0.3) is 39.1 Å². The van der Waals surface area contributed by atoms with E-state index in [0.29, 0.717) is 0 Å². The van der Waals surface area contributed by atoms with Crippen molar-refractivity contribution >= 4 is 27.9 Å². The minimum absolute atomic E-state index is 0.779. The lowest BCUT2D eigenvalue weighted by molar-refractivity contribution is 0.282. The molecule has 0 N–H and O–H groups in total. The fraction of sp³-hybridized carbons (Fsp3) is 0.379. The van der Waals surface area contributed by atoms with Crippen LogP contribution in [-0.2, 0) is 13.5 Å². The molecule has 5 heteroatoms. The van der Waals surface area contributed by atoms with Crippen LogP contribution < -0.4 is 4.74 Å². The van der Waals surface area contributed by atoms with E-state index in [-0.39, 0.29) is 0 Å². The summed E-state index contributed by atoms with van der Waals surface area (Å²) in [5, 5.41) is 7.05. The number of aryl methyl sites for hydroxylation is 2. The van der Waals surface area contributed by atoms with Gasteiger partial charge in [-0.3, -0.25) is 9.67 Å². The van der Waals surface area contributed by atoms with E-state index >= 15 is 0 Å². The van der Waals surface area contributed by atoms with Crippen molar-refractivity contribution in [3.05, 3.63) is 60.3 Å². The number of ether oxygens (including phenoxy) is 1. The fourth-order valence-electron chi connectivity index (χ4n) is 4.75. The lowest BCUT2D eigenvalue weighted by atomic mass is 10.00. The summed E-state index contributed by atoms with van der Waals surface area (Å²) in [6, 6.07) is 13.0. The summed E-state index contributed by atoms with van der Waals surface area (Å²) in [5.74, 6) is 0.779. The van der Waals surface area contributed by atoms with Gasteiger partial charge in [0.2, 0.25) is 0 Å². The van der Waals surface area contributed by atoms with E-state index in [1.807, 2.05) is 30.1 Å². The third-order valence-electron chi connectivity index (χ3n) is 6.66. The van der Waals surface area contributed by atoms with Crippen molar-refractivity contribution in [1.29, 1.82) is 0 Å². The second-order valence-electron chi connectivity index (χ2n) is 8.89. The molecule has 4 rings (SSSR count). The number of unbranched alkanes of at least 4 members (excludes halogenated alkanes) is 1. The van der Waals surface area contributed by atoms with Gasteiger partial charge in [-0.15, -0.1) is 0 Å². The SMILES string of the molecule is C=Cc1cc2c(cc1OC)ncc1c2c(-c2ccc(CCCCN(CC)CCC)cc2)nn1C. The van der Waals surface area contributed by atoms with Crippen LogP contribution in [0.4, 0.5) is 0 Å². The Morgan fingerprint density at radius 1 is 1.09 bits per heavy atom. The van der Waals surface area contributed by atoms with Crippen molar-refractivity contribution in [1.82, 2.24) is 19.7 Å². The highest BCUT2D eigenvalue weighted by molar-refractivity contribution is 6.12. The van der Waals surface area contributed by atoms with Crippen molar-refractivity contribution in [3.63, 3.8) is 0 Å². The first kappa shape index (κ1) is 24.0. The fourth-order valence-corrected chi connectivity index (χ4v) is 4.75.